The molecular formula is C14H22N8OS. The molecule has 2 aromatic heterocycles. The Kier molecular flexibility index (Phi) is 5.24. The minimum atomic E-state index is 0.476. The molecule has 1 saturated heterocycles. The predicted octanol–water partition coefficient (Wildman–Crippen LogP) is 0.690. The molecule has 9 nitrogen and oxygen atoms in total. The van der Waals surface area contributed by atoms with Crippen molar-refractivity contribution in [3.8, 4) is 0 Å². The second-order valence-electron chi connectivity index (χ2n) is 5.46. The van der Waals surface area contributed by atoms with E-state index in [1.807, 2.05) is 0 Å². The van der Waals surface area contributed by atoms with Crippen molar-refractivity contribution in [2.75, 3.05) is 38.1 Å². The van der Waals surface area contributed by atoms with Crippen molar-refractivity contribution < 1.29 is 4.52 Å². The number of hydrogen-bond donors (Lipinski definition) is 1. The number of aryl methyl sites for hydroxylation is 2. The zero-order chi connectivity index (χ0) is 16.9. The van der Waals surface area contributed by atoms with E-state index in [0.29, 0.717) is 18.3 Å². The zero-order valence-electron chi connectivity index (χ0n) is 14.2. The molecule has 0 amide bonds. The first-order chi connectivity index (χ1) is 11.7. The third-order valence-electron chi connectivity index (χ3n) is 3.80. The number of anilines is 1. The van der Waals surface area contributed by atoms with Gasteiger partial charge in [-0.3, -0.25) is 4.99 Å². The highest BCUT2D eigenvalue weighted by Gasteiger charge is 2.22. The van der Waals surface area contributed by atoms with Crippen LogP contribution in [0.2, 0.25) is 0 Å². The molecule has 3 rings (SSSR count). The van der Waals surface area contributed by atoms with Crippen LogP contribution in [0.3, 0.4) is 0 Å². The normalized spacial score (nSPS) is 15.9. The molecule has 1 aliphatic heterocycles. The van der Waals surface area contributed by atoms with E-state index in [9.17, 15) is 0 Å². The van der Waals surface area contributed by atoms with E-state index in [-0.39, 0.29) is 0 Å². The van der Waals surface area contributed by atoms with Crippen LogP contribution in [0.1, 0.15) is 24.5 Å². The molecule has 0 spiro atoms. The largest absolute Gasteiger partial charge is 0.347 e. The lowest BCUT2D eigenvalue weighted by Gasteiger charge is -2.36. The van der Waals surface area contributed by atoms with Gasteiger partial charge in [0.2, 0.25) is 11.0 Å². The molecule has 130 valence electrons. The number of rotatable bonds is 4. The van der Waals surface area contributed by atoms with Crippen molar-refractivity contribution in [1.82, 2.24) is 29.7 Å². The van der Waals surface area contributed by atoms with Gasteiger partial charge in [-0.25, -0.2) is 4.98 Å². The Morgan fingerprint density at radius 1 is 1.29 bits per heavy atom. The van der Waals surface area contributed by atoms with Crippen LogP contribution in [0.25, 0.3) is 0 Å². The van der Waals surface area contributed by atoms with E-state index >= 15 is 0 Å². The summed E-state index contributed by atoms with van der Waals surface area (Å²) in [6.45, 7) is 7.91. The summed E-state index contributed by atoms with van der Waals surface area (Å²) in [6, 6.07) is 0. The van der Waals surface area contributed by atoms with Gasteiger partial charge in [-0.1, -0.05) is 12.1 Å². The van der Waals surface area contributed by atoms with Gasteiger partial charge in [0.25, 0.3) is 0 Å². The molecule has 0 aliphatic carbocycles. The summed E-state index contributed by atoms with van der Waals surface area (Å²) in [6.07, 6.45) is 0.877. The molecule has 1 N–H and O–H groups in total. The number of nitrogens with zero attached hydrogens (tertiary/aromatic N) is 7. The molecule has 3 heterocycles. The average Bonchev–Trinajstić information content (AvgIpc) is 3.25. The molecule has 0 bridgehead atoms. The van der Waals surface area contributed by atoms with Crippen molar-refractivity contribution in [2.24, 2.45) is 4.99 Å². The zero-order valence-corrected chi connectivity index (χ0v) is 15.0. The van der Waals surface area contributed by atoms with Gasteiger partial charge in [0, 0.05) is 51.2 Å². The lowest BCUT2D eigenvalue weighted by molar-refractivity contribution is 0.353. The Labute approximate surface area is 145 Å². The maximum absolute atomic E-state index is 5.12. The van der Waals surface area contributed by atoms with Gasteiger partial charge in [-0.05, 0) is 6.92 Å². The fourth-order valence-corrected chi connectivity index (χ4v) is 3.33. The number of nitrogens with one attached hydrogen (secondary N) is 1. The second-order valence-corrected chi connectivity index (χ2v) is 6.19. The summed E-state index contributed by atoms with van der Waals surface area (Å²) in [4.78, 5) is 17.6. The van der Waals surface area contributed by atoms with Gasteiger partial charge < -0.3 is 19.6 Å². The van der Waals surface area contributed by atoms with Gasteiger partial charge >= 0.3 is 0 Å². The number of aliphatic imine (C=N–C) groups is 1. The summed E-state index contributed by atoms with van der Waals surface area (Å²) in [7, 11) is 1.78. The molecule has 1 aliphatic rings. The average molecular weight is 350 g/mol. The van der Waals surface area contributed by atoms with E-state index in [1.54, 1.807) is 14.0 Å². The highest BCUT2D eigenvalue weighted by Crippen LogP contribution is 2.19. The number of guanidine groups is 1. The van der Waals surface area contributed by atoms with Crippen LogP contribution in [0.15, 0.2) is 9.52 Å². The highest BCUT2D eigenvalue weighted by atomic mass is 32.1. The molecule has 0 aromatic carbocycles. The monoisotopic (exact) mass is 350 g/mol. The summed E-state index contributed by atoms with van der Waals surface area (Å²) < 4.78 is 9.48. The maximum atomic E-state index is 5.12. The van der Waals surface area contributed by atoms with E-state index in [0.717, 1.165) is 49.5 Å². The lowest BCUT2D eigenvalue weighted by Crippen LogP contribution is -2.52. The van der Waals surface area contributed by atoms with Gasteiger partial charge in [-0.2, -0.15) is 9.36 Å². The fourth-order valence-electron chi connectivity index (χ4n) is 2.53. The third-order valence-corrected chi connectivity index (χ3v) is 4.62. The molecular weight excluding hydrogens is 328 g/mol. The Morgan fingerprint density at radius 3 is 2.67 bits per heavy atom. The molecule has 1 fully saturated rings. The molecule has 10 heteroatoms. The number of piperazine rings is 1. The maximum Gasteiger partial charge on any atom is 0.246 e. The molecule has 0 atom stereocenters. The molecule has 0 saturated carbocycles. The predicted molar refractivity (Wildman–Crippen MR) is 92.3 cm³/mol. The van der Waals surface area contributed by atoms with Crippen LogP contribution in [-0.2, 0) is 13.0 Å². The van der Waals surface area contributed by atoms with E-state index < -0.39 is 0 Å². The van der Waals surface area contributed by atoms with Crippen molar-refractivity contribution in [1.29, 1.82) is 0 Å². The summed E-state index contributed by atoms with van der Waals surface area (Å²) in [5, 5.41) is 8.07. The number of hydrogen-bond acceptors (Lipinski definition) is 8. The first kappa shape index (κ1) is 16.6. The van der Waals surface area contributed by atoms with E-state index in [1.165, 1.54) is 11.5 Å². The molecule has 2 aromatic rings. The molecule has 0 unspecified atom stereocenters. The first-order valence-corrected chi connectivity index (χ1v) is 8.79. The minimum Gasteiger partial charge on any atom is -0.347 e. The molecule has 0 radical (unpaired) electrons. The van der Waals surface area contributed by atoms with Gasteiger partial charge in [0.1, 0.15) is 5.82 Å². The first-order valence-electron chi connectivity index (χ1n) is 8.02. The van der Waals surface area contributed by atoms with Gasteiger partial charge in [0.05, 0.1) is 6.54 Å². The smallest absolute Gasteiger partial charge is 0.246 e. The minimum absolute atomic E-state index is 0.476. The SMILES string of the molecule is CCc1nsc(N2CCN(C(=NC)NCc3nc(C)no3)CC2)n1. The summed E-state index contributed by atoms with van der Waals surface area (Å²) in [5.74, 6) is 2.97. The van der Waals surface area contributed by atoms with E-state index in [2.05, 4.69) is 46.5 Å². The van der Waals surface area contributed by atoms with Crippen molar-refractivity contribution >= 4 is 22.6 Å². The Hall–Kier alpha value is -2.23. The molecule has 24 heavy (non-hydrogen) atoms. The summed E-state index contributed by atoms with van der Waals surface area (Å²) >= 11 is 1.48. The highest BCUT2D eigenvalue weighted by molar-refractivity contribution is 7.09. The topological polar surface area (TPSA) is 95.6 Å². The fraction of sp³-hybridized carbons (Fsp3) is 0.643. The quantitative estimate of drug-likeness (QED) is 0.636. The van der Waals surface area contributed by atoms with Crippen molar-refractivity contribution in [3.05, 3.63) is 17.5 Å². The number of aromatic nitrogens is 4. The van der Waals surface area contributed by atoms with Crippen LogP contribution in [0.4, 0.5) is 5.13 Å². The van der Waals surface area contributed by atoms with E-state index in [4.69, 9.17) is 4.52 Å². The Morgan fingerprint density at radius 2 is 2.08 bits per heavy atom. The Balaban J connectivity index is 1.52. The lowest BCUT2D eigenvalue weighted by atomic mass is 10.3. The Bertz CT molecular complexity index is 689. The van der Waals surface area contributed by atoms with Crippen LogP contribution in [0.5, 0.6) is 0 Å². The van der Waals surface area contributed by atoms with Crippen LogP contribution in [0, 0.1) is 6.92 Å². The van der Waals surface area contributed by atoms with Gasteiger partial charge in [-0.15, -0.1) is 0 Å². The van der Waals surface area contributed by atoms with Crippen molar-refractivity contribution in [3.63, 3.8) is 0 Å². The standard InChI is InChI=1S/C14H22N8OS/c1-4-11-18-14(24-20-11)22-7-5-21(6-8-22)13(15-3)16-9-12-17-10(2)19-23-12/h4-9H2,1-3H3,(H,15,16). The second kappa shape index (κ2) is 7.56. The van der Waals surface area contributed by atoms with Crippen LogP contribution < -0.4 is 10.2 Å². The van der Waals surface area contributed by atoms with Gasteiger partial charge in [0.15, 0.2) is 11.8 Å². The van der Waals surface area contributed by atoms with Crippen LogP contribution >= 0.6 is 11.5 Å². The summed E-state index contributed by atoms with van der Waals surface area (Å²) in [5.41, 5.74) is 0. The van der Waals surface area contributed by atoms with Crippen molar-refractivity contribution in [2.45, 2.75) is 26.8 Å². The third kappa shape index (κ3) is 3.81. The van der Waals surface area contributed by atoms with Crippen LogP contribution in [-0.4, -0.2) is 63.6 Å².